The molecular formula is C16H18MgO6S2. The molecule has 132 valence electrons. The van der Waals surface area contributed by atoms with E-state index in [1.165, 1.54) is 0 Å². The van der Waals surface area contributed by atoms with Gasteiger partial charge in [-0.3, -0.25) is 0 Å². The van der Waals surface area contributed by atoms with Crippen LogP contribution in [0.2, 0.25) is 0 Å². The van der Waals surface area contributed by atoms with Gasteiger partial charge in [0, 0.05) is 0 Å². The predicted molar refractivity (Wildman–Crippen MR) is 93.5 cm³/mol. The minimum atomic E-state index is -4.31. The van der Waals surface area contributed by atoms with Crippen LogP contribution in [0.5, 0.6) is 0 Å². The van der Waals surface area contributed by atoms with Crippen LogP contribution in [-0.4, -0.2) is 49.0 Å². The molecule has 0 radical (unpaired) electrons. The maximum atomic E-state index is 10.7. The third-order valence-electron chi connectivity index (χ3n) is 3.32. The third-order valence-corrected chi connectivity index (χ3v) is 5.61. The smallest absolute Gasteiger partial charge is 0.744 e. The van der Waals surface area contributed by atoms with E-state index in [0.717, 1.165) is 0 Å². The van der Waals surface area contributed by atoms with Crippen molar-refractivity contribution in [3.63, 3.8) is 0 Å². The molecule has 0 bridgehead atoms. The van der Waals surface area contributed by atoms with Crippen molar-refractivity contribution >= 4 is 43.3 Å². The molecule has 2 aromatic rings. The standard InChI is InChI=1S/2C8H10O3S.Mg/c2*1-6-4-3-5-7(2)8(6)12(9,10)11;/h2*3-5H,1-2H3,(H,9,10,11);/q;;+2/p-2. The maximum absolute atomic E-state index is 10.7. The van der Waals surface area contributed by atoms with Gasteiger partial charge in [-0.2, -0.15) is 0 Å². The molecule has 25 heavy (non-hydrogen) atoms. The molecule has 0 fully saturated rings. The molecule has 0 N–H and O–H groups in total. The van der Waals surface area contributed by atoms with Crippen molar-refractivity contribution in [2.45, 2.75) is 37.5 Å². The van der Waals surface area contributed by atoms with Crippen LogP contribution in [0.15, 0.2) is 46.2 Å². The molecule has 0 spiro atoms. The van der Waals surface area contributed by atoms with E-state index < -0.39 is 20.2 Å². The van der Waals surface area contributed by atoms with Crippen LogP contribution in [0.4, 0.5) is 0 Å². The Labute approximate surface area is 164 Å². The quantitative estimate of drug-likeness (QED) is 0.568. The van der Waals surface area contributed by atoms with Crippen molar-refractivity contribution in [1.82, 2.24) is 0 Å². The molecule has 0 heterocycles. The summed E-state index contributed by atoms with van der Waals surface area (Å²) < 4.78 is 64.3. The average Bonchev–Trinajstić information content (AvgIpc) is 2.35. The summed E-state index contributed by atoms with van der Waals surface area (Å²) in [4.78, 5) is -0.185. The largest absolute Gasteiger partial charge is 2.00 e. The summed E-state index contributed by atoms with van der Waals surface area (Å²) in [6.45, 7) is 6.44. The van der Waals surface area contributed by atoms with E-state index >= 15 is 0 Å². The Morgan fingerprint density at radius 3 is 0.920 bits per heavy atom. The van der Waals surface area contributed by atoms with E-state index in [4.69, 9.17) is 0 Å². The van der Waals surface area contributed by atoms with Crippen LogP contribution in [0, 0.1) is 27.7 Å². The minimum Gasteiger partial charge on any atom is -0.744 e. The second-order valence-corrected chi connectivity index (χ2v) is 7.98. The monoisotopic (exact) mass is 394 g/mol. The molecule has 0 aliphatic rings. The van der Waals surface area contributed by atoms with Gasteiger partial charge in [0.15, 0.2) is 0 Å². The van der Waals surface area contributed by atoms with Gasteiger partial charge in [0.1, 0.15) is 20.2 Å². The van der Waals surface area contributed by atoms with Crippen molar-refractivity contribution in [3.8, 4) is 0 Å². The van der Waals surface area contributed by atoms with E-state index in [9.17, 15) is 25.9 Å². The number of hydrogen-bond acceptors (Lipinski definition) is 6. The second-order valence-electron chi connectivity index (χ2n) is 5.35. The normalized spacial score (nSPS) is 11.1. The molecule has 0 atom stereocenters. The zero-order valence-corrected chi connectivity index (χ0v) is 17.5. The molecule has 6 nitrogen and oxygen atoms in total. The van der Waals surface area contributed by atoms with Crippen LogP contribution in [0.25, 0.3) is 0 Å². The molecule has 0 amide bonds. The van der Waals surface area contributed by atoms with Gasteiger partial charge >= 0.3 is 23.1 Å². The fraction of sp³-hybridized carbons (Fsp3) is 0.250. The van der Waals surface area contributed by atoms with Crippen molar-refractivity contribution in [1.29, 1.82) is 0 Å². The van der Waals surface area contributed by atoms with E-state index in [1.54, 1.807) is 64.1 Å². The Morgan fingerprint density at radius 1 is 0.600 bits per heavy atom. The summed E-state index contributed by atoms with van der Waals surface area (Å²) in [6.07, 6.45) is 0. The summed E-state index contributed by atoms with van der Waals surface area (Å²) in [6, 6.07) is 9.88. The zero-order chi connectivity index (χ0) is 18.7. The number of benzene rings is 2. The Hall–Kier alpha value is -0.974. The summed E-state index contributed by atoms with van der Waals surface area (Å²) in [5.41, 5.74) is 2.02. The Balaban J connectivity index is 0.000000443. The molecule has 0 unspecified atom stereocenters. The van der Waals surface area contributed by atoms with Crippen LogP contribution in [0.1, 0.15) is 22.3 Å². The fourth-order valence-electron chi connectivity index (χ4n) is 2.39. The first-order chi connectivity index (χ1) is 10.9. The molecule has 0 saturated carbocycles. The molecule has 0 saturated heterocycles. The van der Waals surface area contributed by atoms with Gasteiger partial charge in [-0.05, 0) is 49.9 Å². The van der Waals surface area contributed by atoms with Crippen molar-refractivity contribution < 1.29 is 25.9 Å². The van der Waals surface area contributed by atoms with Gasteiger partial charge in [0.2, 0.25) is 0 Å². The summed E-state index contributed by atoms with van der Waals surface area (Å²) in [7, 11) is -8.63. The van der Waals surface area contributed by atoms with Crippen LogP contribution in [-0.2, 0) is 20.2 Å². The molecule has 0 aliphatic carbocycles. The summed E-state index contributed by atoms with van der Waals surface area (Å²) in [5.74, 6) is 0. The molecule has 2 aromatic carbocycles. The first-order valence-electron chi connectivity index (χ1n) is 6.90. The second kappa shape index (κ2) is 9.11. The molecule has 2 rings (SSSR count). The van der Waals surface area contributed by atoms with Crippen LogP contribution >= 0.6 is 0 Å². The average molecular weight is 395 g/mol. The Morgan fingerprint density at radius 2 is 0.800 bits per heavy atom. The first-order valence-corrected chi connectivity index (χ1v) is 9.71. The van der Waals surface area contributed by atoms with Crippen LogP contribution in [0.3, 0.4) is 0 Å². The fourth-order valence-corrected chi connectivity index (χ4v) is 4.24. The van der Waals surface area contributed by atoms with Crippen molar-refractivity contribution in [2.75, 3.05) is 0 Å². The maximum Gasteiger partial charge on any atom is 2.00 e. The molecule has 9 heteroatoms. The first kappa shape index (κ1) is 24.0. The van der Waals surface area contributed by atoms with Gasteiger partial charge < -0.3 is 9.11 Å². The van der Waals surface area contributed by atoms with E-state index in [2.05, 4.69) is 0 Å². The summed E-state index contributed by atoms with van der Waals surface area (Å²) in [5, 5.41) is 0. The SMILES string of the molecule is Cc1cccc(C)c1S(=O)(=O)[O-].Cc1cccc(C)c1S(=O)(=O)[O-].[Mg+2]. The number of hydrogen-bond donors (Lipinski definition) is 0. The van der Waals surface area contributed by atoms with E-state index in [1.807, 2.05) is 0 Å². The van der Waals surface area contributed by atoms with Gasteiger partial charge in [0.05, 0.1) is 9.79 Å². The Bertz CT molecular complexity index is 831. The predicted octanol–water partition coefficient (Wildman–Crippen LogP) is 2.03. The van der Waals surface area contributed by atoms with Crippen molar-refractivity contribution in [2.24, 2.45) is 0 Å². The van der Waals surface area contributed by atoms with Gasteiger partial charge in [-0.1, -0.05) is 36.4 Å². The number of rotatable bonds is 2. The van der Waals surface area contributed by atoms with Gasteiger partial charge in [0.25, 0.3) is 0 Å². The minimum absolute atomic E-state index is 0. The topological polar surface area (TPSA) is 114 Å². The summed E-state index contributed by atoms with van der Waals surface area (Å²) >= 11 is 0. The van der Waals surface area contributed by atoms with E-state index in [0.29, 0.717) is 22.3 Å². The number of aryl methyl sites for hydroxylation is 4. The molecule has 0 aliphatic heterocycles. The van der Waals surface area contributed by atoms with Gasteiger partial charge in [-0.15, -0.1) is 0 Å². The zero-order valence-electron chi connectivity index (χ0n) is 14.4. The molecular weight excluding hydrogens is 377 g/mol. The van der Waals surface area contributed by atoms with Gasteiger partial charge in [-0.25, -0.2) is 16.8 Å². The Kier molecular flexibility index (Phi) is 8.75. The van der Waals surface area contributed by atoms with E-state index in [-0.39, 0.29) is 32.8 Å². The van der Waals surface area contributed by atoms with Crippen molar-refractivity contribution in [3.05, 3.63) is 58.7 Å². The molecule has 0 aromatic heterocycles. The third kappa shape index (κ3) is 6.68. The van der Waals surface area contributed by atoms with Crippen LogP contribution < -0.4 is 0 Å².